The quantitative estimate of drug-likeness (QED) is 0.298. The fourth-order valence-corrected chi connectivity index (χ4v) is 3.53. The normalized spacial score (nSPS) is 10.7. The van der Waals surface area contributed by atoms with Crippen molar-refractivity contribution in [1.82, 2.24) is 29.9 Å². The van der Waals surface area contributed by atoms with Crippen LogP contribution in [-0.4, -0.2) is 42.9 Å². The lowest BCUT2D eigenvalue weighted by Crippen LogP contribution is -2.16. The van der Waals surface area contributed by atoms with E-state index in [1.807, 2.05) is 36.4 Å². The highest BCUT2D eigenvalue weighted by molar-refractivity contribution is 5.98. The maximum Gasteiger partial charge on any atom is 0.254 e. The van der Waals surface area contributed by atoms with Crippen molar-refractivity contribution in [3.63, 3.8) is 0 Å². The van der Waals surface area contributed by atoms with Crippen LogP contribution in [0, 0.1) is 0 Å². The van der Waals surface area contributed by atoms with Crippen molar-refractivity contribution in [3.8, 4) is 28.4 Å². The van der Waals surface area contributed by atoms with Gasteiger partial charge in [0.2, 0.25) is 11.8 Å². The average Bonchev–Trinajstić information content (AvgIpc) is 3.53. The standard InChI is InChI=1S/C24H21N9O3/c1-33-13-27-22(31-33)15-9-6-10-17(20(15)35-2)28-23-16(21(25)34)12-26-24(30-23)29-19-11-18(32-36-19)14-7-4-3-5-8-14/h3-13H,1-2H3,(H2,25,34)(H2,26,28,29,30). The minimum Gasteiger partial charge on any atom is -0.494 e. The van der Waals surface area contributed by atoms with Crippen molar-refractivity contribution in [2.24, 2.45) is 12.8 Å². The molecular formula is C24H21N9O3. The maximum atomic E-state index is 12.1. The van der Waals surface area contributed by atoms with E-state index in [4.69, 9.17) is 15.0 Å². The number of benzene rings is 2. The number of primary amides is 1. The fraction of sp³-hybridized carbons (Fsp3) is 0.0833. The van der Waals surface area contributed by atoms with Crippen molar-refractivity contribution >= 4 is 29.2 Å². The Hall–Kier alpha value is -5.26. The molecule has 5 aromatic rings. The van der Waals surface area contributed by atoms with E-state index < -0.39 is 5.91 Å². The minimum atomic E-state index is -0.698. The van der Waals surface area contributed by atoms with Gasteiger partial charge in [-0.05, 0) is 12.1 Å². The molecule has 0 radical (unpaired) electrons. The van der Waals surface area contributed by atoms with Crippen molar-refractivity contribution < 1.29 is 14.1 Å². The first kappa shape index (κ1) is 22.5. The number of carbonyl (C=O) groups excluding carboxylic acids is 1. The summed E-state index contributed by atoms with van der Waals surface area (Å²) in [5, 5.41) is 14.5. The van der Waals surface area contributed by atoms with Gasteiger partial charge in [0, 0.05) is 24.9 Å². The Labute approximate surface area is 205 Å². The molecule has 0 bridgehead atoms. The second-order valence-electron chi connectivity index (χ2n) is 7.64. The monoisotopic (exact) mass is 483 g/mol. The van der Waals surface area contributed by atoms with Gasteiger partial charge in [-0.2, -0.15) is 10.1 Å². The number of hydrogen-bond donors (Lipinski definition) is 3. The summed E-state index contributed by atoms with van der Waals surface area (Å²) in [6.45, 7) is 0. The number of methoxy groups -OCH3 is 1. The first-order chi connectivity index (χ1) is 17.5. The predicted octanol–water partition coefficient (Wildman–Crippen LogP) is 3.52. The summed E-state index contributed by atoms with van der Waals surface area (Å²) in [6.07, 6.45) is 2.92. The highest BCUT2D eigenvalue weighted by atomic mass is 16.5. The van der Waals surface area contributed by atoms with Crippen LogP contribution in [0.5, 0.6) is 5.75 Å². The molecule has 0 fully saturated rings. The minimum absolute atomic E-state index is 0.0894. The van der Waals surface area contributed by atoms with Gasteiger partial charge in [-0.15, -0.1) is 0 Å². The Balaban J connectivity index is 1.46. The molecule has 1 amide bonds. The van der Waals surface area contributed by atoms with Crippen molar-refractivity contribution in [2.75, 3.05) is 17.7 Å². The summed E-state index contributed by atoms with van der Waals surface area (Å²) in [6, 6.07) is 16.7. The smallest absolute Gasteiger partial charge is 0.254 e. The van der Waals surface area contributed by atoms with E-state index >= 15 is 0 Å². The van der Waals surface area contributed by atoms with Crippen LogP contribution < -0.4 is 21.1 Å². The molecule has 0 aliphatic heterocycles. The zero-order valence-corrected chi connectivity index (χ0v) is 19.3. The number of amides is 1. The molecule has 0 unspecified atom stereocenters. The summed E-state index contributed by atoms with van der Waals surface area (Å²) in [4.78, 5) is 25.0. The first-order valence-electron chi connectivity index (χ1n) is 10.8. The number of carbonyl (C=O) groups is 1. The highest BCUT2D eigenvalue weighted by Crippen LogP contribution is 2.36. The summed E-state index contributed by atoms with van der Waals surface area (Å²) in [5.41, 5.74) is 8.39. The number of para-hydroxylation sites is 1. The third-order valence-corrected chi connectivity index (χ3v) is 5.18. The van der Waals surface area contributed by atoms with Crippen LogP contribution in [-0.2, 0) is 7.05 Å². The van der Waals surface area contributed by atoms with Gasteiger partial charge in [0.15, 0.2) is 11.6 Å². The van der Waals surface area contributed by atoms with Crippen molar-refractivity contribution in [1.29, 1.82) is 0 Å². The molecule has 0 saturated carbocycles. The van der Waals surface area contributed by atoms with Crippen LogP contribution in [0.1, 0.15) is 10.4 Å². The van der Waals surface area contributed by atoms with E-state index in [9.17, 15) is 4.79 Å². The van der Waals surface area contributed by atoms with Crippen LogP contribution in [0.15, 0.2) is 71.6 Å². The number of anilines is 4. The average molecular weight is 483 g/mol. The van der Waals surface area contributed by atoms with E-state index in [0.717, 1.165) is 5.56 Å². The molecular weight excluding hydrogens is 462 g/mol. The molecule has 12 nitrogen and oxygen atoms in total. The third-order valence-electron chi connectivity index (χ3n) is 5.18. The Bertz CT molecular complexity index is 1530. The number of rotatable bonds is 8. The van der Waals surface area contributed by atoms with E-state index in [0.29, 0.717) is 34.4 Å². The topological polar surface area (TPSA) is 159 Å². The predicted molar refractivity (Wildman–Crippen MR) is 132 cm³/mol. The Kier molecular flexibility index (Phi) is 5.97. The van der Waals surface area contributed by atoms with Gasteiger partial charge < -0.3 is 20.3 Å². The zero-order chi connectivity index (χ0) is 25.1. The lowest BCUT2D eigenvalue weighted by Gasteiger charge is -2.15. The van der Waals surface area contributed by atoms with Gasteiger partial charge in [0.1, 0.15) is 23.4 Å². The van der Waals surface area contributed by atoms with Crippen LogP contribution in [0.4, 0.5) is 23.3 Å². The molecule has 5 rings (SSSR count). The van der Waals surface area contributed by atoms with Crippen LogP contribution in [0.2, 0.25) is 0 Å². The SMILES string of the molecule is COc1c(Nc2nc(Nc3cc(-c4ccccc4)no3)ncc2C(N)=O)cccc1-c1ncn(C)n1. The molecule has 0 atom stereocenters. The number of ether oxygens (including phenoxy) is 1. The molecule has 0 spiro atoms. The number of nitrogens with one attached hydrogen (secondary N) is 2. The van der Waals surface area contributed by atoms with Gasteiger partial charge in [-0.3, -0.25) is 14.8 Å². The molecule has 0 aliphatic rings. The Morgan fingerprint density at radius 3 is 2.64 bits per heavy atom. The van der Waals surface area contributed by atoms with Gasteiger partial charge >= 0.3 is 0 Å². The van der Waals surface area contributed by atoms with Crippen LogP contribution >= 0.6 is 0 Å². The molecule has 36 heavy (non-hydrogen) atoms. The number of nitrogens with two attached hydrogens (primary N) is 1. The molecule has 12 heteroatoms. The highest BCUT2D eigenvalue weighted by Gasteiger charge is 2.18. The number of nitrogens with zero attached hydrogens (tertiary/aromatic N) is 6. The Morgan fingerprint density at radius 1 is 1.08 bits per heavy atom. The molecule has 3 aromatic heterocycles. The molecule has 0 saturated heterocycles. The summed E-state index contributed by atoms with van der Waals surface area (Å²) in [5.74, 6) is 0.920. The van der Waals surface area contributed by atoms with Gasteiger partial charge in [-0.1, -0.05) is 41.6 Å². The molecule has 3 heterocycles. The van der Waals surface area contributed by atoms with Crippen molar-refractivity contribution in [2.45, 2.75) is 0 Å². The molecule has 2 aromatic carbocycles. The molecule has 180 valence electrons. The van der Waals surface area contributed by atoms with Crippen molar-refractivity contribution in [3.05, 3.63) is 72.7 Å². The zero-order valence-electron chi connectivity index (χ0n) is 19.3. The van der Waals surface area contributed by atoms with Gasteiger partial charge in [-0.25, -0.2) is 9.97 Å². The summed E-state index contributed by atoms with van der Waals surface area (Å²) < 4.78 is 12.6. The van der Waals surface area contributed by atoms with E-state index in [-0.39, 0.29) is 17.3 Å². The summed E-state index contributed by atoms with van der Waals surface area (Å²) >= 11 is 0. The lowest BCUT2D eigenvalue weighted by atomic mass is 10.1. The Morgan fingerprint density at radius 2 is 1.92 bits per heavy atom. The number of hydrogen-bond acceptors (Lipinski definition) is 10. The van der Waals surface area contributed by atoms with Gasteiger partial charge in [0.25, 0.3) is 5.91 Å². The van der Waals surface area contributed by atoms with Crippen LogP contribution in [0.3, 0.4) is 0 Å². The molecule has 4 N–H and O–H groups in total. The van der Waals surface area contributed by atoms with E-state index in [2.05, 4.69) is 35.8 Å². The number of aromatic nitrogens is 6. The third kappa shape index (κ3) is 4.55. The van der Waals surface area contributed by atoms with Gasteiger partial charge in [0.05, 0.1) is 18.4 Å². The maximum absolute atomic E-state index is 12.1. The second-order valence-corrected chi connectivity index (χ2v) is 7.64. The molecule has 0 aliphatic carbocycles. The van der Waals surface area contributed by atoms with E-state index in [1.165, 1.54) is 13.3 Å². The van der Waals surface area contributed by atoms with E-state index in [1.54, 1.807) is 36.3 Å². The van der Waals surface area contributed by atoms with Crippen LogP contribution in [0.25, 0.3) is 22.6 Å². The second kappa shape index (κ2) is 9.54. The lowest BCUT2D eigenvalue weighted by molar-refractivity contribution is 0.100. The first-order valence-corrected chi connectivity index (χ1v) is 10.8. The fourth-order valence-electron chi connectivity index (χ4n) is 3.53. The number of aryl methyl sites for hydroxylation is 1. The summed E-state index contributed by atoms with van der Waals surface area (Å²) in [7, 11) is 3.31. The largest absolute Gasteiger partial charge is 0.494 e.